The van der Waals surface area contributed by atoms with Crippen molar-refractivity contribution in [2.45, 2.75) is 60.0 Å². The summed E-state index contributed by atoms with van der Waals surface area (Å²) < 4.78 is 5.48. The summed E-state index contributed by atoms with van der Waals surface area (Å²) >= 11 is 0. The minimum atomic E-state index is -0.623. The second-order valence-electron chi connectivity index (χ2n) is 8.39. The molecular weight excluding hydrogens is 306 g/mol. The molecule has 1 aliphatic carbocycles. The number of nitrogens with zero attached hydrogens (tertiary/aromatic N) is 1. The molecule has 1 saturated carbocycles. The third-order valence-corrected chi connectivity index (χ3v) is 5.19. The summed E-state index contributed by atoms with van der Waals surface area (Å²) in [5.74, 6) is -0.0121. The van der Waals surface area contributed by atoms with Gasteiger partial charge in [-0.15, -0.1) is 0 Å². The Labute approximate surface area is 144 Å². The van der Waals surface area contributed by atoms with Crippen LogP contribution in [-0.4, -0.2) is 40.6 Å². The van der Waals surface area contributed by atoms with Crippen molar-refractivity contribution in [1.29, 1.82) is 0 Å². The Morgan fingerprint density at radius 3 is 2.54 bits per heavy atom. The minimum absolute atomic E-state index is 0.0121. The van der Waals surface area contributed by atoms with Crippen molar-refractivity contribution in [2.75, 3.05) is 13.1 Å². The van der Waals surface area contributed by atoms with Crippen LogP contribution in [0.4, 0.5) is 4.79 Å². The van der Waals surface area contributed by atoms with Gasteiger partial charge in [-0.05, 0) is 40.5 Å². The fourth-order valence-corrected chi connectivity index (χ4v) is 3.96. The molecule has 0 saturated heterocycles. The van der Waals surface area contributed by atoms with Gasteiger partial charge in [0, 0.05) is 24.1 Å². The van der Waals surface area contributed by atoms with E-state index >= 15 is 0 Å². The molecule has 0 unspecified atom stereocenters. The Kier molecular flexibility index (Phi) is 4.59. The predicted octanol–water partition coefficient (Wildman–Crippen LogP) is 4.00. The van der Waals surface area contributed by atoms with Gasteiger partial charge in [0.25, 0.3) is 0 Å². The number of carbonyl (C=O) groups excluding carboxylic acids is 2. The molecule has 5 heteroatoms. The maximum absolute atomic E-state index is 12.7. The monoisotopic (exact) mass is 335 g/mol. The van der Waals surface area contributed by atoms with E-state index in [0.717, 1.165) is 11.8 Å². The van der Waals surface area contributed by atoms with Crippen molar-refractivity contribution in [1.82, 2.24) is 4.90 Å². The Hall–Kier alpha value is -1.78. The summed E-state index contributed by atoms with van der Waals surface area (Å²) in [6.07, 6.45) is 3.69. The smallest absolute Gasteiger partial charge is 0.410 e. The lowest BCUT2D eigenvalue weighted by Crippen LogP contribution is -2.53. The molecule has 1 heterocycles. The van der Waals surface area contributed by atoms with Crippen LogP contribution >= 0.6 is 0 Å². The molecule has 2 rings (SSSR count). The second kappa shape index (κ2) is 5.94. The van der Waals surface area contributed by atoms with E-state index < -0.39 is 11.0 Å². The van der Waals surface area contributed by atoms with Crippen molar-refractivity contribution >= 4 is 11.9 Å². The number of aliphatic hydroxyl groups is 1. The van der Waals surface area contributed by atoms with E-state index in [-0.39, 0.29) is 17.3 Å². The van der Waals surface area contributed by atoms with E-state index in [1.54, 1.807) is 4.90 Å². The predicted molar refractivity (Wildman–Crippen MR) is 92.7 cm³/mol. The summed E-state index contributed by atoms with van der Waals surface area (Å²) in [6, 6.07) is 0. The normalized spacial score (nSPS) is 32.4. The zero-order chi connectivity index (χ0) is 18.3. The molecular formula is C19H29NO4. The number of Topliss-reactive ketones (excluding diaryl/α,β-unsaturated/α-hetero) is 1. The zero-order valence-electron chi connectivity index (χ0n) is 15.6. The molecule has 1 N–H and O–H groups in total. The summed E-state index contributed by atoms with van der Waals surface area (Å²) in [7, 11) is 0. The van der Waals surface area contributed by atoms with Gasteiger partial charge < -0.3 is 14.7 Å². The molecule has 0 aromatic heterocycles. The number of ketones is 1. The lowest BCUT2D eigenvalue weighted by molar-refractivity contribution is -0.125. The number of allylic oxidation sites excluding steroid dienone is 1. The van der Waals surface area contributed by atoms with Gasteiger partial charge in [-0.25, -0.2) is 4.79 Å². The number of rotatable bonds is 1. The first kappa shape index (κ1) is 18.6. The quantitative estimate of drug-likeness (QED) is 0.447. The van der Waals surface area contributed by atoms with Crippen LogP contribution in [0.2, 0.25) is 0 Å². The fraction of sp³-hybridized carbons (Fsp3) is 0.684. The first-order valence-corrected chi connectivity index (χ1v) is 8.54. The Bertz CT molecular complexity index is 613. The SMILES string of the molecule is CC[C@]1(C)C(=O)/C(=C\O)C[C@@]2(C)CN(C(=O)OC(C)(C)C)CC=C21. The maximum Gasteiger partial charge on any atom is 0.410 e. The molecule has 2 atom stereocenters. The van der Waals surface area contributed by atoms with E-state index in [2.05, 4.69) is 6.92 Å². The van der Waals surface area contributed by atoms with Gasteiger partial charge in [-0.3, -0.25) is 4.79 Å². The van der Waals surface area contributed by atoms with Gasteiger partial charge >= 0.3 is 6.09 Å². The third kappa shape index (κ3) is 3.08. The zero-order valence-corrected chi connectivity index (χ0v) is 15.6. The van der Waals surface area contributed by atoms with Crippen molar-refractivity contribution in [2.24, 2.45) is 10.8 Å². The molecule has 1 fully saturated rings. The molecule has 0 aromatic carbocycles. The number of aliphatic hydroxyl groups excluding tert-OH is 1. The summed E-state index contributed by atoms with van der Waals surface area (Å²) in [5.41, 5.74) is -0.0271. The molecule has 0 radical (unpaired) electrons. The fourth-order valence-electron chi connectivity index (χ4n) is 3.96. The lowest BCUT2D eigenvalue weighted by Gasteiger charge is -2.51. The molecule has 0 bridgehead atoms. The van der Waals surface area contributed by atoms with Crippen LogP contribution in [0.5, 0.6) is 0 Å². The topological polar surface area (TPSA) is 66.8 Å². The van der Waals surface area contributed by atoms with Crippen LogP contribution in [0.25, 0.3) is 0 Å². The van der Waals surface area contributed by atoms with Gasteiger partial charge in [0.2, 0.25) is 0 Å². The number of fused-ring (bicyclic) bond motifs is 1. The van der Waals surface area contributed by atoms with E-state index in [1.807, 2.05) is 40.7 Å². The van der Waals surface area contributed by atoms with Crippen molar-refractivity contribution in [3.63, 3.8) is 0 Å². The highest BCUT2D eigenvalue weighted by Crippen LogP contribution is 2.54. The minimum Gasteiger partial charge on any atom is -0.515 e. The lowest BCUT2D eigenvalue weighted by atomic mass is 9.55. The highest BCUT2D eigenvalue weighted by atomic mass is 16.6. The highest BCUT2D eigenvalue weighted by Gasteiger charge is 2.53. The van der Waals surface area contributed by atoms with Crippen LogP contribution in [0, 0.1) is 10.8 Å². The van der Waals surface area contributed by atoms with E-state index in [1.165, 1.54) is 0 Å². The number of ether oxygens (including phenoxy) is 1. The third-order valence-electron chi connectivity index (χ3n) is 5.19. The summed E-state index contributed by atoms with van der Waals surface area (Å²) in [4.78, 5) is 26.8. The Morgan fingerprint density at radius 2 is 2.04 bits per heavy atom. The van der Waals surface area contributed by atoms with Crippen LogP contribution in [0.15, 0.2) is 23.5 Å². The van der Waals surface area contributed by atoms with Crippen LogP contribution in [0.1, 0.15) is 54.4 Å². The average molecular weight is 335 g/mol. The number of hydrogen-bond donors (Lipinski definition) is 1. The van der Waals surface area contributed by atoms with Crippen LogP contribution in [0.3, 0.4) is 0 Å². The standard InChI is InChI=1S/C19H29NO4/c1-7-19(6)14-8-9-20(16(23)24-17(2,3)4)12-18(14,5)10-13(11-21)15(19)22/h8,11,21H,7,9-10,12H2,1-6H3/b13-11-/t18-,19-/m0/s1. The van der Waals surface area contributed by atoms with Crippen molar-refractivity contribution in [3.8, 4) is 0 Å². The molecule has 0 spiro atoms. The molecule has 0 aromatic rings. The van der Waals surface area contributed by atoms with Crippen LogP contribution < -0.4 is 0 Å². The van der Waals surface area contributed by atoms with Gasteiger partial charge in [0.15, 0.2) is 5.78 Å². The maximum atomic E-state index is 12.7. The molecule has 134 valence electrons. The van der Waals surface area contributed by atoms with Gasteiger partial charge in [-0.2, -0.15) is 0 Å². The second-order valence-corrected chi connectivity index (χ2v) is 8.39. The molecule has 5 nitrogen and oxygen atoms in total. The largest absolute Gasteiger partial charge is 0.515 e. The number of hydrogen-bond acceptors (Lipinski definition) is 4. The van der Waals surface area contributed by atoms with Gasteiger partial charge in [0.05, 0.1) is 11.7 Å². The molecule has 1 amide bonds. The molecule has 2 aliphatic rings. The van der Waals surface area contributed by atoms with Gasteiger partial charge in [0.1, 0.15) is 5.60 Å². The van der Waals surface area contributed by atoms with Crippen LogP contribution in [-0.2, 0) is 9.53 Å². The number of carbonyl (C=O) groups is 2. The Morgan fingerprint density at radius 1 is 1.42 bits per heavy atom. The molecule has 1 aliphatic heterocycles. The average Bonchev–Trinajstić information content (AvgIpc) is 2.48. The van der Waals surface area contributed by atoms with Crippen molar-refractivity contribution in [3.05, 3.63) is 23.5 Å². The van der Waals surface area contributed by atoms with Crippen molar-refractivity contribution < 1.29 is 19.4 Å². The highest BCUT2D eigenvalue weighted by molar-refractivity contribution is 6.03. The van der Waals surface area contributed by atoms with Gasteiger partial charge in [-0.1, -0.05) is 25.5 Å². The number of amides is 1. The molecule has 24 heavy (non-hydrogen) atoms. The van der Waals surface area contributed by atoms with E-state index in [9.17, 15) is 14.7 Å². The first-order valence-electron chi connectivity index (χ1n) is 8.54. The Balaban J connectivity index is 2.37. The summed E-state index contributed by atoms with van der Waals surface area (Å²) in [5, 5.41) is 9.51. The van der Waals surface area contributed by atoms with E-state index in [0.29, 0.717) is 31.5 Å². The summed E-state index contributed by atoms with van der Waals surface area (Å²) in [6.45, 7) is 12.4. The first-order chi connectivity index (χ1) is 11.0. The van der Waals surface area contributed by atoms with E-state index in [4.69, 9.17) is 4.74 Å².